The highest BCUT2D eigenvalue weighted by Gasteiger charge is 2.01. The van der Waals surface area contributed by atoms with Crippen LogP contribution in [0.5, 0.6) is 0 Å². The molecule has 1 heterocycles. The number of fused-ring (bicyclic) bond motifs is 1. The molecular formula is C9H9N3O. The van der Waals surface area contributed by atoms with Crippen LogP contribution >= 0.6 is 0 Å². The third-order valence-corrected chi connectivity index (χ3v) is 1.96. The minimum atomic E-state index is 0.0723. The predicted octanol–water partition coefficient (Wildman–Crippen LogP) is 1.06. The van der Waals surface area contributed by atoms with Crippen molar-refractivity contribution in [3.05, 3.63) is 35.6 Å². The van der Waals surface area contributed by atoms with E-state index in [0.717, 1.165) is 10.2 Å². The number of hydrogen-bond acceptors (Lipinski definition) is 3. The van der Waals surface area contributed by atoms with E-state index in [-0.39, 0.29) is 5.49 Å². The van der Waals surface area contributed by atoms with Gasteiger partial charge in [0, 0.05) is 5.39 Å². The Balaban J connectivity index is 3.03. The van der Waals surface area contributed by atoms with Crippen LogP contribution in [0.15, 0.2) is 24.3 Å². The molecule has 0 atom stereocenters. The summed E-state index contributed by atoms with van der Waals surface area (Å²) in [6.45, 7) is 1.66. The van der Waals surface area contributed by atoms with Gasteiger partial charge in [-0.2, -0.15) is 4.73 Å². The first-order valence-electron chi connectivity index (χ1n) is 3.92. The molecule has 13 heavy (non-hydrogen) atoms. The smallest absolute Gasteiger partial charge is 0.172 e. The standard InChI is InChI=1S/C9H9N3O/c1-6-11-8-5-3-2-4-7(8)9(10)12(6)13/h2-5,10,13H,1H3. The number of benzene rings is 1. The quantitative estimate of drug-likeness (QED) is 0.588. The van der Waals surface area contributed by atoms with Gasteiger partial charge in [0.2, 0.25) is 0 Å². The molecule has 0 bridgehead atoms. The van der Waals surface area contributed by atoms with Crippen LogP contribution in [0.1, 0.15) is 5.82 Å². The highest BCUT2D eigenvalue weighted by molar-refractivity contribution is 5.76. The van der Waals surface area contributed by atoms with E-state index in [2.05, 4.69) is 4.98 Å². The molecule has 0 aliphatic rings. The second-order valence-corrected chi connectivity index (χ2v) is 2.84. The average Bonchev–Trinajstić information content (AvgIpc) is 2.15. The van der Waals surface area contributed by atoms with Crippen molar-refractivity contribution >= 4 is 10.9 Å². The fraction of sp³-hybridized carbons (Fsp3) is 0.111. The summed E-state index contributed by atoms with van der Waals surface area (Å²) in [5.74, 6) is 0.420. The van der Waals surface area contributed by atoms with Crippen LogP contribution in [0.4, 0.5) is 0 Å². The molecule has 4 nitrogen and oxygen atoms in total. The first-order chi connectivity index (χ1) is 6.20. The zero-order chi connectivity index (χ0) is 9.42. The number of nitrogens with one attached hydrogen (secondary N) is 1. The molecule has 0 unspecified atom stereocenters. The van der Waals surface area contributed by atoms with E-state index in [1.54, 1.807) is 13.0 Å². The Bertz CT molecular complexity index is 516. The topological polar surface area (TPSA) is 61.9 Å². The summed E-state index contributed by atoms with van der Waals surface area (Å²) in [6, 6.07) is 7.25. The largest absolute Gasteiger partial charge is 0.425 e. The molecule has 0 aliphatic heterocycles. The van der Waals surface area contributed by atoms with Crippen molar-refractivity contribution in [2.45, 2.75) is 6.92 Å². The van der Waals surface area contributed by atoms with Crippen molar-refractivity contribution in [1.82, 2.24) is 9.71 Å². The molecule has 0 radical (unpaired) electrons. The van der Waals surface area contributed by atoms with Crippen LogP contribution in [0.2, 0.25) is 0 Å². The minimum Gasteiger partial charge on any atom is -0.425 e. The van der Waals surface area contributed by atoms with Crippen molar-refractivity contribution in [3.63, 3.8) is 0 Å². The molecule has 0 aliphatic carbocycles. The van der Waals surface area contributed by atoms with E-state index in [1.807, 2.05) is 18.2 Å². The highest BCUT2D eigenvalue weighted by atomic mass is 16.5. The summed E-state index contributed by atoms with van der Waals surface area (Å²) in [6.07, 6.45) is 0. The molecule has 2 N–H and O–H groups in total. The zero-order valence-corrected chi connectivity index (χ0v) is 7.15. The lowest BCUT2D eigenvalue weighted by atomic mass is 10.2. The fourth-order valence-electron chi connectivity index (χ4n) is 1.27. The summed E-state index contributed by atoms with van der Waals surface area (Å²) >= 11 is 0. The lowest BCUT2D eigenvalue weighted by Gasteiger charge is -2.04. The minimum absolute atomic E-state index is 0.0723. The first kappa shape index (κ1) is 7.79. The van der Waals surface area contributed by atoms with Gasteiger partial charge in [0.1, 0.15) is 5.82 Å². The van der Waals surface area contributed by atoms with Crippen molar-refractivity contribution in [2.75, 3.05) is 0 Å². The summed E-state index contributed by atoms with van der Waals surface area (Å²) in [7, 11) is 0. The van der Waals surface area contributed by atoms with Gasteiger partial charge < -0.3 is 5.21 Å². The molecule has 1 aromatic carbocycles. The van der Waals surface area contributed by atoms with Gasteiger partial charge in [-0.1, -0.05) is 12.1 Å². The van der Waals surface area contributed by atoms with E-state index in [0.29, 0.717) is 11.2 Å². The van der Waals surface area contributed by atoms with Crippen molar-refractivity contribution in [3.8, 4) is 0 Å². The number of rotatable bonds is 0. The molecule has 0 fully saturated rings. The normalized spacial score (nSPS) is 10.5. The highest BCUT2D eigenvalue weighted by Crippen LogP contribution is 2.05. The van der Waals surface area contributed by atoms with Gasteiger partial charge in [-0.15, -0.1) is 0 Å². The van der Waals surface area contributed by atoms with Crippen LogP contribution < -0.4 is 5.49 Å². The monoisotopic (exact) mass is 175 g/mol. The second kappa shape index (κ2) is 2.58. The van der Waals surface area contributed by atoms with E-state index in [9.17, 15) is 5.21 Å². The molecule has 66 valence electrons. The Morgan fingerprint density at radius 3 is 2.85 bits per heavy atom. The predicted molar refractivity (Wildman–Crippen MR) is 47.5 cm³/mol. The van der Waals surface area contributed by atoms with Gasteiger partial charge in [-0.05, 0) is 19.1 Å². The molecular weight excluding hydrogens is 166 g/mol. The Morgan fingerprint density at radius 1 is 1.38 bits per heavy atom. The lowest BCUT2D eigenvalue weighted by molar-refractivity contribution is 0.161. The van der Waals surface area contributed by atoms with Gasteiger partial charge >= 0.3 is 0 Å². The lowest BCUT2D eigenvalue weighted by Crippen LogP contribution is -2.21. The number of aryl methyl sites for hydroxylation is 1. The van der Waals surface area contributed by atoms with Crippen LogP contribution in [-0.4, -0.2) is 14.9 Å². The molecule has 1 aromatic heterocycles. The van der Waals surface area contributed by atoms with Gasteiger partial charge in [-0.25, -0.2) is 4.98 Å². The van der Waals surface area contributed by atoms with Gasteiger partial charge in [0.05, 0.1) is 5.52 Å². The Morgan fingerprint density at radius 2 is 2.08 bits per heavy atom. The third-order valence-electron chi connectivity index (χ3n) is 1.96. The maximum Gasteiger partial charge on any atom is 0.172 e. The molecule has 0 amide bonds. The Kier molecular flexibility index (Phi) is 1.55. The number of hydrogen-bond donors (Lipinski definition) is 2. The summed E-state index contributed by atoms with van der Waals surface area (Å²) in [4.78, 5) is 4.13. The molecule has 0 saturated carbocycles. The van der Waals surface area contributed by atoms with Crippen LogP contribution in [0.3, 0.4) is 0 Å². The van der Waals surface area contributed by atoms with Gasteiger partial charge in [0.25, 0.3) is 0 Å². The fourth-order valence-corrected chi connectivity index (χ4v) is 1.27. The van der Waals surface area contributed by atoms with Crippen molar-refractivity contribution in [2.24, 2.45) is 0 Å². The number of aromatic nitrogens is 2. The molecule has 0 saturated heterocycles. The molecule has 2 rings (SSSR count). The molecule has 2 aromatic rings. The average molecular weight is 175 g/mol. The number of nitrogens with zero attached hydrogens (tertiary/aromatic N) is 2. The Labute approximate surface area is 74.6 Å². The first-order valence-corrected chi connectivity index (χ1v) is 3.92. The second-order valence-electron chi connectivity index (χ2n) is 2.84. The van der Waals surface area contributed by atoms with E-state index >= 15 is 0 Å². The van der Waals surface area contributed by atoms with Crippen LogP contribution in [-0.2, 0) is 0 Å². The number of para-hydroxylation sites is 1. The summed E-state index contributed by atoms with van der Waals surface area (Å²) in [5.41, 5.74) is 0.804. The summed E-state index contributed by atoms with van der Waals surface area (Å²) < 4.78 is 0.780. The van der Waals surface area contributed by atoms with Crippen molar-refractivity contribution < 1.29 is 5.21 Å². The molecule has 0 spiro atoms. The maximum atomic E-state index is 9.37. The molecule has 4 heteroatoms. The Hall–Kier alpha value is -1.84. The SMILES string of the molecule is Cc1nc2ccccc2c(=N)n1O. The maximum absolute atomic E-state index is 9.37. The van der Waals surface area contributed by atoms with E-state index in [4.69, 9.17) is 5.41 Å². The van der Waals surface area contributed by atoms with Crippen LogP contribution in [0, 0.1) is 12.3 Å². The van der Waals surface area contributed by atoms with Gasteiger partial charge in [-0.3, -0.25) is 5.41 Å². The van der Waals surface area contributed by atoms with Crippen molar-refractivity contribution in [1.29, 1.82) is 5.41 Å². The van der Waals surface area contributed by atoms with Gasteiger partial charge in [0.15, 0.2) is 5.49 Å². The van der Waals surface area contributed by atoms with E-state index < -0.39 is 0 Å². The van der Waals surface area contributed by atoms with E-state index in [1.165, 1.54) is 0 Å². The summed E-state index contributed by atoms with van der Waals surface area (Å²) in [5, 5.41) is 17.6. The zero-order valence-electron chi connectivity index (χ0n) is 7.15. The van der Waals surface area contributed by atoms with Crippen LogP contribution in [0.25, 0.3) is 10.9 Å². The third kappa shape index (κ3) is 1.07.